The second kappa shape index (κ2) is 3.59. The van der Waals surface area contributed by atoms with E-state index in [1.54, 1.807) is 10.9 Å². The van der Waals surface area contributed by atoms with Crippen molar-refractivity contribution >= 4 is 23.2 Å². The average Bonchev–Trinajstić information content (AvgIpc) is 2.57. The van der Waals surface area contributed by atoms with Gasteiger partial charge < -0.3 is 0 Å². The summed E-state index contributed by atoms with van der Waals surface area (Å²) in [5.41, 5.74) is 1.85. The van der Waals surface area contributed by atoms with Gasteiger partial charge in [-0.05, 0) is 36.2 Å². The number of halogens is 2. The number of nitrogens with zero attached hydrogens (tertiary/aromatic N) is 3. The fourth-order valence-electron chi connectivity index (χ4n) is 1.24. The Bertz CT molecular complexity index is 465. The topological polar surface area (TPSA) is 30.7 Å². The Morgan fingerprint density at radius 1 is 1.29 bits per heavy atom. The van der Waals surface area contributed by atoms with Crippen LogP contribution in [0, 0.1) is 6.92 Å². The van der Waals surface area contributed by atoms with Gasteiger partial charge in [0.1, 0.15) is 6.33 Å². The highest BCUT2D eigenvalue weighted by Crippen LogP contribution is 2.23. The van der Waals surface area contributed by atoms with E-state index in [0.29, 0.717) is 10.3 Å². The molecule has 0 bridgehead atoms. The SMILES string of the molecule is Cc1c(Cl)cccc1-n1cnnc1Cl. The van der Waals surface area contributed by atoms with E-state index in [0.717, 1.165) is 11.3 Å². The highest BCUT2D eigenvalue weighted by Gasteiger charge is 2.07. The molecule has 1 heterocycles. The summed E-state index contributed by atoms with van der Waals surface area (Å²) in [4.78, 5) is 0. The van der Waals surface area contributed by atoms with Gasteiger partial charge in [-0.25, -0.2) is 0 Å². The minimum absolute atomic E-state index is 0.329. The van der Waals surface area contributed by atoms with E-state index in [9.17, 15) is 0 Å². The Kier molecular flexibility index (Phi) is 2.44. The third-order valence-corrected chi connectivity index (χ3v) is 2.67. The molecule has 0 spiro atoms. The molecule has 5 heteroatoms. The van der Waals surface area contributed by atoms with Gasteiger partial charge in [0, 0.05) is 5.02 Å². The normalized spacial score (nSPS) is 10.5. The minimum Gasteiger partial charge on any atom is -0.272 e. The molecule has 0 N–H and O–H groups in total. The van der Waals surface area contributed by atoms with Crippen molar-refractivity contribution < 1.29 is 0 Å². The third kappa shape index (κ3) is 1.49. The zero-order valence-corrected chi connectivity index (χ0v) is 8.92. The lowest BCUT2D eigenvalue weighted by atomic mass is 10.2. The lowest BCUT2D eigenvalue weighted by Gasteiger charge is -2.07. The first-order chi connectivity index (χ1) is 6.70. The molecule has 3 nitrogen and oxygen atoms in total. The first-order valence-corrected chi connectivity index (χ1v) is 4.77. The summed E-state index contributed by atoms with van der Waals surface area (Å²) in [6.45, 7) is 1.92. The lowest BCUT2D eigenvalue weighted by Crippen LogP contribution is -1.95. The predicted octanol–water partition coefficient (Wildman–Crippen LogP) is 2.88. The molecule has 0 radical (unpaired) electrons. The standard InChI is InChI=1S/C9H7Cl2N3/c1-6-7(10)3-2-4-8(6)14-5-12-13-9(14)11/h2-5H,1H3. The van der Waals surface area contributed by atoms with Crippen LogP contribution >= 0.6 is 23.2 Å². The van der Waals surface area contributed by atoms with Crippen LogP contribution in [0.5, 0.6) is 0 Å². The van der Waals surface area contributed by atoms with Crippen molar-refractivity contribution in [2.45, 2.75) is 6.92 Å². The molecule has 0 saturated heterocycles. The molecule has 1 aromatic heterocycles. The van der Waals surface area contributed by atoms with Crippen LogP contribution in [0.4, 0.5) is 0 Å². The molecule has 72 valence electrons. The van der Waals surface area contributed by atoms with Gasteiger partial charge in [0.05, 0.1) is 5.69 Å². The van der Waals surface area contributed by atoms with Gasteiger partial charge in [-0.15, -0.1) is 10.2 Å². The zero-order chi connectivity index (χ0) is 10.1. The molecule has 0 atom stereocenters. The van der Waals surface area contributed by atoms with E-state index in [-0.39, 0.29) is 0 Å². The van der Waals surface area contributed by atoms with Gasteiger partial charge in [0.25, 0.3) is 0 Å². The lowest BCUT2D eigenvalue weighted by molar-refractivity contribution is 1.04. The van der Waals surface area contributed by atoms with E-state index in [1.165, 1.54) is 0 Å². The first kappa shape index (κ1) is 9.49. The maximum atomic E-state index is 5.99. The van der Waals surface area contributed by atoms with Crippen LogP contribution in [0.15, 0.2) is 24.5 Å². The van der Waals surface area contributed by atoms with E-state index >= 15 is 0 Å². The summed E-state index contributed by atoms with van der Waals surface area (Å²) in [6, 6.07) is 5.61. The van der Waals surface area contributed by atoms with Crippen LogP contribution in [0.2, 0.25) is 10.3 Å². The number of rotatable bonds is 1. The summed E-state index contributed by atoms with van der Waals surface area (Å²) in [6.07, 6.45) is 1.56. The number of aromatic nitrogens is 3. The molecule has 14 heavy (non-hydrogen) atoms. The number of hydrogen-bond acceptors (Lipinski definition) is 2. The van der Waals surface area contributed by atoms with Crippen LogP contribution in [0.3, 0.4) is 0 Å². The summed E-state index contributed by atoms with van der Waals surface area (Å²) in [5, 5.41) is 8.44. The molecule has 0 saturated carbocycles. The molecule has 0 aliphatic rings. The molecule has 0 fully saturated rings. The van der Waals surface area contributed by atoms with Crippen molar-refractivity contribution in [3.8, 4) is 5.69 Å². The van der Waals surface area contributed by atoms with E-state index in [4.69, 9.17) is 23.2 Å². The Labute approximate surface area is 91.3 Å². The molecule has 0 aliphatic carbocycles. The highest BCUT2D eigenvalue weighted by atomic mass is 35.5. The van der Waals surface area contributed by atoms with Gasteiger partial charge in [0.15, 0.2) is 0 Å². The summed E-state index contributed by atoms with van der Waals surface area (Å²) in [5.74, 6) is 0. The largest absolute Gasteiger partial charge is 0.272 e. The number of hydrogen-bond donors (Lipinski definition) is 0. The van der Waals surface area contributed by atoms with Crippen molar-refractivity contribution in [1.29, 1.82) is 0 Å². The quantitative estimate of drug-likeness (QED) is 0.751. The Balaban J connectivity index is 2.63. The Morgan fingerprint density at radius 2 is 2.07 bits per heavy atom. The summed E-state index contributed by atoms with van der Waals surface area (Å²) < 4.78 is 1.68. The first-order valence-electron chi connectivity index (χ1n) is 4.01. The summed E-state index contributed by atoms with van der Waals surface area (Å²) in [7, 11) is 0. The van der Waals surface area contributed by atoms with E-state index in [1.807, 2.05) is 25.1 Å². The zero-order valence-electron chi connectivity index (χ0n) is 7.41. The highest BCUT2D eigenvalue weighted by molar-refractivity contribution is 6.31. The van der Waals surface area contributed by atoms with Gasteiger partial charge in [-0.3, -0.25) is 4.57 Å². The molecule has 2 aromatic rings. The van der Waals surface area contributed by atoms with E-state index in [2.05, 4.69) is 10.2 Å². The monoisotopic (exact) mass is 227 g/mol. The summed E-state index contributed by atoms with van der Waals surface area (Å²) >= 11 is 11.8. The molecule has 2 rings (SSSR count). The third-order valence-electron chi connectivity index (χ3n) is 2.00. The molecule has 1 aromatic carbocycles. The second-order valence-electron chi connectivity index (χ2n) is 2.85. The van der Waals surface area contributed by atoms with Crippen molar-refractivity contribution in [3.05, 3.63) is 40.4 Å². The smallest absolute Gasteiger partial charge is 0.229 e. The average molecular weight is 228 g/mol. The van der Waals surface area contributed by atoms with Crippen LogP contribution in [0.1, 0.15) is 5.56 Å². The van der Waals surface area contributed by atoms with Crippen LogP contribution in [0.25, 0.3) is 5.69 Å². The van der Waals surface area contributed by atoms with Gasteiger partial charge in [0.2, 0.25) is 5.28 Å². The molecule has 0 amide bonds. The number of benzene rings is 1. The van der Waals surface area contributed by atoms with Crippen LogP contribution < -0.4 is 0 Å². The maximum absolute atomic E-state index is 5.99. The molecular weight excluding hydrogens is 221 g/mol. The second-order valence-corrected chi connectivity index (χ2v) is 3.60. The van der Waals surface area contributed by atoms with Crippen molar-refractivity contribution in [1.82, 2.24) is 14.8 Å². The molecular formula is C9H7Cl2N3. The van der Waals surface area contributed by atoms with Gasteiger partial charge >= 0.3 is 0 Å². The van der Waals surface area contributed by atoms with Crippen LogP contribution in [-0.4, -0.2) is 14.8 Å². The fourth-order valence-corrected chi connectivity index (χ4v) is 1.59. The Hall–Kier alpha value is -1.06. The van der Waals surface area contributed by atoms with Crippen molar-refractivity contribution in [2.24, 2.45) is 0 Å². The Morgan fingerprint density at radius 3 is 2.71 bits per heavy atom. The van der Waals surface area contributed by atoms with Gasteiger partial charge in [-0.2, -0.15) is 0 Å². The predicted molar refractivity (Wildman–Crippen MR) is 56.1 cm³/mol. The fraction of sp³-hybridized carbons (Fsp3) is 0.111. The van der Waals surface area contributed by atoms with Gasteiger partial charge in [-0.1, -0.05) is 17.7 Å². The minimum atomic E-state index is 0.329. The maximum Gasteiger partial charge on any atom is 0.229 e. The van der Waals surface area contributed by atoms with Crippen molar-refractivity contribution in [2.75, 3.05) is 0 Å². The molecule has 0 aliphatic heterocycles. The van der Waals surface area contributed by atoms with Crippen molar-refractivity contribution in [3.63, 3.8) is 0 Å². The van der Waals surface area contributed by atoms with Crippen LogP contribution in [-0.2, 0) is 0 Å². The molecule has 0 unspecified atom stereocenters. The van der Waals surface area contributed by atoms with E-state index < -0.39 is 0 Å².